The van der Waals surface area contributed by atoms with Gasteiger partial charge in [0.05, 0.1) is 0 Å². The van der Waals surface area contributed by atoms with Gasteiger partial charge in [0, 0.05) is 6.42 Å². The summed E-state index contributed by atoms with van der Waals surface area (Å²) in [6.07, 6.45) is 17.4. The van der Waals surface area contributed by atoms with E-state index in [4.69, 9.17) is 0 Å². The summed E-state index contributed by atoms with van der Waals surface area (Å²) in [6.45, 7) is 6.79. The van der Waals surface area contributed by atoms with Crippen LogP contribution in [0, 0.1) is 5.92 Å². The molecule has 0 radical (unpaired) electrons. The van der Waals surface area contributed by atoms with E-state index < -0.39 is 12.1 Å². The van der Waals surface area contributed by atoms with Crippen molar-refractivity contribution in [3.05, 3.63) is 58.7 Å². The van der Waals surface area contributed by atoms with Crippen LogP contribution in [0.1, 0.15) is 96.1 Å². The van der Waals surface area contributed by atoms with Gasteiger partial charge in [-0.05, 0) is 62.0 Å². The summed E-state index contributed by atoms with van der Waals surface area (Å²) in [7, 11) is 0. The second-order valence-corrected chi connectivity index (χ2v) is 10.4. The summed E-state index contributed by atoms with van der Waals surface area (Å²) >= 11 is 0. The molecule has 1 fully saturated rings. The molecule has 186 valence electrons. The average molecular weight is 465 g/mol. The van der Waals surface area contributed by atoms with E-state index in [2.05, 4.69) is 67.8 Å². The van der Waals surface area contributed by atoms with Crippen LogP contribution in [-0.4, -0.2) is 23.9 Å². The fourth-order valence-electron chi connectivity index (χ4n) is 4.87. The second-order valence-electron chi connectivity index (χ2n) is 10.4. The van der Waals surface area contributed by atoms with Crippen molar-refractivity contribution in [2.75, 3.05) is 0 Å². The van der Waals surface area contributed by atoms with E-state index in [9.17, 15) is 9.59 Å². The van der Waals surface area contributed by atoms with Gasteiger partial charge in [-0.15, -0.1) is 0 Å². The van der Waals surface area contributed by atoms with Crippen molar-refractivity contribution < 1.29 is 9.59 Å². The predicted molar refractivity (Wildman–Crippen MR) is 141 cm³/mol. The molecule has 34 heavy (non-hydrogen) atoms. The molecule has 3 rings (SSSR count). The third-order valence-corrected chi connectivity index (χ3v) is 7.48. The molecule has 2 amide bonds. The number of piperazine rings is 1. The highest BCUT2D eigenvalue weighted by molar-refractivity contribution is 5.97. The van der Waals surface area contributed by atoms with Gasteiger partial charge in [-0.2, -0.15) is 0 Å². The Morgan fingerprint density at radius 2 is 1.41 bits per heavy atom. The van der Waals surface area contributed by atoms with Gasteiger partial charge in [-0.25, -0.2) is 0 Å². The fourth-order valence-corrected chi connectivity index (χ4v) is 4.87. The lowest BCUT2D eigenvalue weighted by Gasteiger charge is -2.30. The molecule has 1 heterocycles. The normalized spacial score (nSPS) is 21.4. The summed E-state index contributed by atoms with van der Waals surface area (Å²) < 4.78 is 0. The molecule has 4 heteroatoms. The summed E-state index contributed by atoms with van der Waals surface area (Å²) in [6, 6.07) is 7.57. The number of allylic oxidation sites excluding steroid dienone is 3. The first kappa shape index (κ1) is 26.2. The van der Waals surface area contributed by atoms with Crippen LogP contribution in [0.3, 0.4) is 0 Å². The van der Waals surface area contributed by atoms with Gasteiger partial charge in [0.2, 0.25) is 11.8 Å². The fraction of sp³-hybridized carbons (Fsp3) is 0.600. The molecule has 0 aromatic heterocycles. The lowest BCUT2D eigenvalue weighted by atomic mass is 9.90. The number of unbranched alkanes of at least 4 members (excludes halogenated alkanes) is 2. The SMILES string of the molecule is CCCCCC1=CC=C(CC2NC(=O)C(Cc3ccc(CCCC(C)CC)cc3)NC2=O)CC1. The van der Waals surface area contributed by atoms with Crippen LogP contribution >= 0.6 is 0 Å². The number of carbonyl (C=O) groups excluding carboxylic acids is 2. The number of nitrogens with one attached hydrogen (secondary N) is 2. The quantitative estimate of drug-likeness (QED) is 0.342. The summed E-state index contributed by atoms with van der Waals surface area (Å²) in [5.74, 6) is 0.648. The monoisotopic (exact) mass is 464 g/mol. The average Bonchev–Trinajstić information content (AvgIpc) is 2.84. The minimum atomic E-state index is -0.495. The van der Waals surface area contributed by atoms with Crippen LogP contribution in [0.25, 0.3) is 0 Å². The number of benzene rings is 1. The first-order valence-electron chi connectivity index (χ1n) is 13.5. The second kappa shape index (κ2) is 13.5. The summed E-state index contributed by atoms with van der Waals surface area (Å²) in [5, 5.41) is 5.95. The Morgan fingerprint density at radius 3 is 2.03 bits per heavy atom. The van der Waals surface area contributed by atoms with E-state index in [1.54, 1.807) is 0 Å². The summed E-state index contributed by atoms with van der Waals surface area (Å²) in [5.41, 5.74) is 5.19. The Bertz CT molecular complexity index is 868. The van der Waals surface area contributed by atoms with Gasteiger partial charge in [-0.3, -0.25) is 9.59 Å². The molecule has 0 saturated carbocycles. The van der Waals surface area contributed by atoms with E-state index in [0.29, 0.717) is 12.8 Å². The minimum Gasteiger partial charge on any atom is -0.342 e. The highest BCUT2D eigenvalue weighted by Crippen LogP contribution is 2.26. The zero-order valence-corrected chi connectivity index (χ0v) is 21.5. The zero-order chi connectivity index (χ0) is 24.3. The van der Waals surface area contributed by atoms with Crippen molar-refractivity contribution in [1.29, 1.82) is 0 Å². The van der Waals surface area contributed by atoms with Gasteiger partial charge in [0.15, 0.2) is 0 Å². The lowest BCUT2D eigenvalue weighted by molar-refractivity contribution is -0.136. The van der Waals surface area contributed by atoms with Crippen molar-refractivity contribution in [2.24, 2.45) is 5.92 Å². The van der Waals surface area contributed by atoms with Crippen LogP contribution in [0.15, 0.2) is 47.6 Å². The van der Waals surface area contributed by atoms with Crippen molar-refractivity contribution in [3.8, 4) is 0 Å². The molecule has 4 nitrogen and oxygen atoms in total. The number of aryl methyl sites for hydroxylation is 1. The van der Waals surface area contributed by atoms with Gasteiger partial charge in [0.1, 0.15) is 12.1 Å². The molecule has 1 aromatic rings. The van der Waals surface area contributed by atoms with Crippen molar-refractivity contribution in [1.82, 2.24) is 10.6 Å². The van der Waals surface area contributed by atoms with Gasteiger partial charge >= 0.3 is 0 Å². The Hall–Kier alpha value is -2.36. The molecular formula is C30H44N2O2. The largest absolute Gasteiger partial charge is 0.342 e. The molecule has 2 N–H and O–H groups in total. The summed E-state index contributed by atoms with van der Waals surface area (Å²) in [4.78, 5) is 25.5. The molecule has 3 atom stereocenters. The number of carbonyl (C=O) groups is 2. The number of hydrogen-bond acceptors (Lipinski definition) is 2. The van der Waals surface area contributed by atoms with E-state index in [1.807, 2.05) is 0 Å². The first-order valence-corrected chi connectivity index (χ1v) is 13.5. The standard InChI is InChI=1S/C30H44N2O2/c1-4-6-7-10-23-12-16-25(17-13-23)20-27-29(33)32-28(30(34)31-27)21-26-18-14-24(15-19-26)11-8-9-22(3)5-2/h12,14-16,18-19,22,27-28H,4-11,13,17,20-21H2,1-3H3,(H,31,34)(H,32,33). The van der Waals surface area contributed by atoms with Crippen molar-refractivity contribution in [2.45, 2.75) is 110 Å². The molecule has 1 aliphatic heterocycles. The maximum Gasteiger partial charge on any atom is 0.243 e. The molecule has 0 spiro atoms. The third kappa shape index (κ3) is 8.14. The molecule has 2 aliphatic rings. The Morgan fingerprint density at radius 1 is 0.794 bits per heavy atom. The van der Waals surface area contributed by atoms with Gasteiger partial charge in [0.25, 0.3) is 0 Å². The molecule has 1 aromatic carbocycles. The Kier molecular flexibility index (Phi) is 10.4. The van der Waals surface area contributed by atoms with Crippen molar-refractivity contribution >= 4 is 11.8 Å². The molecular weight excluding hydrogens is 420 g/mol. The van der Waals surface area contributed by atoms with E-state index in [-0.39, 0.29) is 11.8 Å². The van der Waals surface area contributed by atoms with Crippen molar-refractivity contribution in [3.63, 3.8) is 0 Å². The van der Waals surface area contributed by atoms with E-state index in [1.165, 1.54) is 61.7 Å². The zero-order valence-electron chi connectivity index (χ0n) is 21.5. The highest BCUT2D eigenvalue weighted by Gasteiger charge is 2.34. The minimum absolute atomic E-state index is 0.0649. The molecule has 1 saturated heterocycles. The van der Waals surface area contributed by atoms with E-state index in [0.717, 1.165) is 30.7 Å². The van der Waals surface area contributed by atoms with E-state index >= 15 is 0 Å². The third-order valence-electron chi connectivity index (χ3n) is 7.48. The van der Waals surface area contributed by atoms with Crippen LogP contribution in [0.4, 0.5) is 0 Å². The predicted octanol–water partition coefficient (Wildman–Crippen LogP) is 6.20. The molecule has 1 aliphatic carbocycles. The maximum absolute atomic E-state index is 12.7. The van der Waals surface area contributed by atoms with Crippen LogP contribution in [0.2, 0.25) is 0 Å². The van der Waals surface area contributed by atoms with Crippen LogP contribution in [-0.2, 0) is 22.4 Å². The van der Waals surface area contributed by atoms with Crippen LogP contribution < -0.4 is 10.6 Å². The smallest absolute Gasteiger partial charge is 0.243 e. The first-order chi connectivity index (χ1) is 16.5. The van der Waals surface area contributed by atoms with Crippen LogP contribution in [0.5, 0.6) is 0 Å². The molecule has 0 bridgehead atoms. The molecule has 3 unspecified atom stereocenters. The number of rotatable bonds is 13. The Labute approximate surface area is 206 Å². The van der Waals surface area contributed by atoms with Gasteiger partial charge in [-0.1, -0.05) is 94.0 Å². The van der Waals surface area contributed by atoms with Gasteiger partial charge < -0.3 is 10.6 Å². The highest BCUT2D eigenvalue weighted by atomic mass is 16.2. The number of amides is 2. The number of hydrogen-bond donors (Lipinski definition) is 2. The maximum atomic E-state index is 12.7. The topological polar surface area (TPSA) is 58.2 Å². The Balaban J connectivity index is 1.46. The lowest BCUT2D eigenvalue weighted by Crippen LogP contribution is -2.62.